The Morgan fingerprint density at radius 2 is 2.33 bits per heavy atom. The first-order valence-corrected chi connectivity index (χ1v) is 6.20. The van der Waals surface area contributed by atoms with E-state index in [2.05, 4.69) is 4.98 Å². The Hall–Kier alpha value is -1.78. The Morgan fingerprint density at radius 3 is 3.00 bits per heavy atom. The first kappa shape index (κ1) is 12.7. The van der Waals surface area contributed by atoms with E-state index in [0.29, 0.717) is 5.69 Å². The summed E-state index contributed by atoms with van der Waals surface area (Å²) in [5.74, 6) is 0.645. The number of carbonyl (C=O) groups is 1. The minimum Gasteiger partial charge on any atom is -0.467 e. The van der Waals surface area contributed by atoms with Crippen LogP contribution in [0.3, 0.4) is 0 Å². The number of aryl methyl sites for hydroxylation is 1. The molecule has 1 atom stereocenters. The lowest BCUT2D eigenvalue weighted by atomic mass is 10.0. The van der Waals surface area contributed by atoms with Crippen LogP contribution >= 0.6 is 0 Å². The second-order valence-electron chi connectivity index (χ2n) is 4.64. The predicted molar refractivity (Wildman–Crippen MR) is 70.4 cm³/mol. The van der Waals surface area contributed by atoms with Crippen molar-refractivity contribution in [2.75, 3.05) is 24.3 Å². The molecule has 0 radical (unpaired) electrons. The smallest absolute Gasteiger partial charge is 0.328 e. The van der Waals surface area contributed by atoms with E-state index in [9.17, 15) is 4.79 Å². The molecule has 2 N–H and O–H groups in total. The average molecular weight is 249 g/mol. The summed E-state index contributed by atoms with van der Waals surface area (Å²) in [6.07, 6.45) is 4.56. The van der Waals surface area contributed by atoms with Crippen molar-refractivity contribution in [3.05, 3.63) is 17.8 Å². The Kier molecular flexibility index (Phi) is 3.69. The number of methoxy groups -OCH3 is 1. The Morgan fingerprint density at radius 1 is 1.56 bits per heavy atom. The number of hydrogen-bond donors (Lipinski definition) is 1. The SMILES string of the molecule is COC(=O)C1CCCCN1c1ncc(N)cc1C. The van der Waals surface area contributed by atoms with Crippen molar-refractivity contribution in [3.8, 4) is 0 Å². The highest BCUT2D eigenvalue weighted by atomic mass is 16.5. The van der Waals surface area contributed by atoms with Crippen LogP contribution in [0.4, 0.5) is 11.5 Å². The fourth-order valence-electron chi connectivity index (χ4n) is 2.46. The molecule has 18 heavy (non-hydrogen) atoms. The third-order valence-corrected chi connectivity index (χ3v) is 3.32. The lowest BCUT2D eigenvalue weighted by molar-refractivity contribution is -0.142. The molecule has 1 fully saturated rings. The van der Waals surface area contributed by atoms with Crippen molar-refractivity contribution in [2.24, 2.45) is 0 Å². The van der Waals surface area contributed by atoms with E-state index in [1.807, 2.05) is 17.9 Å². The van der Waals surface area contributed by atoms with Crippen LogP contribution in [0.25, 0.3) is 0 Å². The number of nitrogens with two attached hydrogens (primary N) is 1. The van der Waals surface area contributed by atoms with Crippen molar-refractivity contribution < 1.29 is 9.53 Å². The number of anilines is 2. The Bertz CT molecular complexity index is 448. The number of nitrogen functional groups attached to an aromatic ring is 1. The van der Waals surface area contributed by atoms with Gasteiger partial charge in [-0.05, 0) is 37.8 Å². The van der Waals surface area contributed by atoms with Gasteiger partial charge in [0.15, 0.2) is 0 Å². The van der Waals surface area contributed by atoms with E-state index in [1.54, 1.807) is 6.20 Å². The van der Waals surface area contributed by atoms with Gasteiger partial charge in [-0.2, -0.15) is 0 Å². The maximum atomic E-state index is 11.8. The van der Waals surface area contributed by atoms with Crippen molar-refractivity contribution >= 4 is 17.5 Å². The zero-order valence-electron chi connectivity index (χ0n) is 10.8. The number of aromatic nitrogens is 1. The predicted octanol–water partition coefficient (Wildman–Crippen LogP) is 1.50. The molecule has 2 heterocycles. The first-order chi connectivity index (χ1) is 8.63. The van der Waals surface area contributed by atoms with Crippen LogP contribution in [0.2, 0.25) is 0 Å². The number of hydrogen-bond acceptors (Lipinski definition) is 5. The number of esters is 1. The molecule has 0 aromatic carbocycles. The zero-order chi connectivity index (χ0) is 13.1. The second-order valence-corrected chi connectivity index (χ2v) is 4.64. The average Bonchev–Trinajstić information content (AvgIpc) is 2.38. The molecule has 0 amide bonds. The maximum absolute atomic E-state index is 11.8. The molecule has 1 aliphatic rings. The van der Waals surface area contributed by atoms with Crippen LogP contribution in [0.15, 0.2) is 12.3 Å². The number of pyridine rings is 1. The minimum atomic E-state index is -0.224. The van der Waals surface area contributed by atoms with Crippen molar-refractivity contribution in [2.45, 2.75) is 32.2 Å². The molecule has 98 valence electrons. The molecule has 0 saturated carbocycles. The summed E-state index contributed by atoms with van der Waals surface area (Å²) in [7, 11) is 1.43. The Labute approximate surface area is 107 Å². The van der Waals surface area contributed by atoms with Gasteiger partial charge < -0.3 is 15.4 Å². The summed E-state index contributed by atoms with van der Waals surface area (Å²) in [4.78, 5) is 18.2. The highest BCUT2D eigenvalue weighted by Crippen LogP contribution is 2.27. The van der Waals surface area contributed by atoms with E-state index in [-0.39, 0.29) is 12.0 Å². The lowest BCUT2D eigenvalue weighted by Gasteiger charge is -2.35. The van der Waals surface area contributed by atoms with Gasteiger partial charge in [-0.15, -0.1) is 0 Å². The monoisotopic (exact) mass is 249 g/mol. The fraction of sp³-hybridized carbons (Fsp3) is 0.538. The van der Waals surface area contributed by atoms with Gasteiger partial charge in [-0.25, -0.2) is 9.78 Å². The van der Waals surface area contributed by atoms with Gasteiger partial charge in [0.25, 0.3) is 0 Å². The molecule has 5 nitrogen and oxygen atoms in total. The quantitative estimate of drug-likeness (QED) is 0.804. The molecule has 0 aliphatic carbocycles. The summed E-state index contributed by atoms with van der Waals surface area (Å²) in [6.45, 7) is 2.79. The number of rotatable bonds is 2. The van der Waals surface area contributed by atoms with Crippen molar-refractivity contribution in [1.29, 1.82) is 0 Å². The molecule has 2 rings (SSSR count). The van der Waals surface area contributed by atoms with Crippen LogP contribution in [-0.2, 0) is 9.53 Å². The molecule has 1 aromatic rings. The van der Waals surface area contributed by atoms with Gasteiger partial charge in [-0.1, -0.05) is 0 Å². The third kappa shape index (κ3) is 2.39. The number of ether oxygens (including phenoxy) is 1. The van der Waals surface area contributed by atoms with Crippen LogP contribution in [-0.4, -0.2) is 30.6 Å². The standard InChI is InChI=1S/C13H19N3O2/c1-9-7-10(14)8-15-12(9)16-6-4-3-5-11(16)13(17)18-2/h7-8,11H,3-6,14H2,1-2H3. The van der Waals surface area contributed by atoms with Gasteiger partial charge >= 0.3 is 5.97 Å². The van der Waals surface area contributed by atoms with Gasteiger partial charge in [0.1, 0.15) is 11.9 Å². The summed E-state index contributed by atoms with van der Waals surface area (Å²) >= 11 is 0. The van der Waals surface area contributed by atoms with Gasteiger partial charge in [0.05, 0.1) is 19.0 Å². The fourth-order valence-corrected chi connectivity index (χ4v) is 2.46. The van der Waals surface area contributed by atoms with Crippen LogP contribution in [0, 0.1) is 6.92 Å². The molecule has 1 aliphatic heterocycles. The van der Waals surface area contributed by atoms with E-state index in [1.165, 1.54) is 7.11 Å². The van der Waals surface area contributed by atoms with Crippen LogP contribution in [0.5, 0.6) is 0 Å². The normalized spacial score (nSPS) is 19.7. The largest absolute Gasteiger partial charge is 0.467 e. The highest BCUT2D eigenvalue weighted by Gasteiger charge is 2.31. The number of carbonyl (C=O) groups excluding carboxylic acids is 1. The van der Waals surface area contributed by atoms with Crippen LogP contribution < -0.4 is 10.6 Å². The zero-order valence-corrected chi connectivity index (χ0v) is 10.8. The number of nitrogens with zero attached hydrogens (tertiary/aromatic N) is 2. The van der Waals surface area contributed by atoms with Gasteiger partial charge in [-0.3, -0.25) is 0 Å². The van der Waals surface area contributed by atoms with Crippen molar-refractivity contribution in [3.63, 3.8) is 0 Å². The molecule has 0 bridgehead atoms. The van der Waals surface area contributed by atoms with Gasteiger partial charge in [0, 0.05) is 6.54 Å². The Balaban J connectivity index is 2.30. The molecular weight excluding hydrogens is 230 g/mol. The lowest BCUT2D eigenvalue weighted by Crippen LogP contribution is -2.46. The first-order valence-electron chi connectivity index (χ1n) is 6.20. The second kappa shape index (κ2) is 5.25. The van der Waals surface area contributed by atoms with E-state index in [4.69, 9.17) is 10.5 Å². The van der Waals surface area contributed by atoms with Gasteiger partial charge in [0.2, 0.25) is 0 Å². The molecule has 1 aromatic heterocycles. The maximum Gasteiger partial charge on any atom is 0.328 e. The van der Waals surface area contributed by atoms with E-state index in [0.717, 1.165) is 37.2 Å². The molecular formula is C13H19N3O2. The van der Waals surface area contributed by atoms with Crippen molar-refractivity contribution in [1.82, 2.24) is 4.98 Å². The highest BCUT2D eigenvalue weighted by molar-refractivity contribution is 5.80. The number of piperidine rings is 1. The summed E-state index contributed by atoms with van der Waals surface area (Å²) in [5.41, 5.74) is 7.34. The molecule has 5 heteroatoms. The topological polar surface area (TPSA) is 68.5 Å². The van der Waals surface area contributed by atoms with E-state index >= 15 is 0 Å². The van der Waals surface area contributed by atoms with Crippen LogP contribution in [0.1, 0.15) is 24.8 Å². The molecule has 1 unspecified atom stereocenters. The molecule has 1 saturated heterocycles. The summed E-state index contributed by atoms with van der Waals surface area (Å²) in [5, 5.41) is 0. The third-order valence-electron chi connectivity index (χ3n) is 3.32. The summed E-state index contributed by atoms with van der Waals surface area (Å²) in [6, 6.07) is 1.66. The minimum absolute atomic E-state index is 0.187. The molecule has 0 spiro atoms. The summed E-state index contributed by atoms with van der Waals surface area (Å²) < 4.78 is 4.87. The van der Waals surface area contributed by atoms with E-state index < -0.39 is 0 Å².